The monoisotopic (exact) mass is 521 g/mol. The number of allylic oxidation sites excluding steroid dienone is 1. The molecule has 0 amide bonds. The third-order valence-corrected chi connectivity index (χ3v) is 7.61. The Hall–Kier alpha value is -3.58. The fourth-order valence-corrected chi connectivity index (χ4v) is 5.37. The van der Waals surface area contributed by atoms with E-state index in [1.165, 1.54) is 18.6 Å². The number of rotatable bonds is 7. The fourth-order valence-electron chi connectivity index (χ4n) is 5.37. The van der Waals surface area contributed by atoms with Crippen LogP contribution in [0.2, 0.25) is 0 Å². The van der Waals surface area contributed by atoms with Crippen LogP contribution < -0.4 is 9.47 Å². The second kappa shape index (κ2) is 10.7. The topological polar surface area (TPSA) is 62.2 Å². The SMILES string of the molecule is CC1=C(c2ccc(C(F)F)c(O)c2)C(c2ccc(OCC(C)N3CCC(C)C3)cc2)Oc2ccc(O)cc21. The highest BCUT2D eigenvalue weighted by Gasteiger charge is 2.30. The van der Waals surface area contributed by atoms with Crippen LogP contribution in [0.4, 0.5) is 8.78 Å². The van der Waals surface area contributed by atoms with Crippen LogP contribution in [0.1, 0.15) is 62.0 Å². The normalized spacial score (nSPS) is 20.4. The molecule has 0 aromatic heterocycles. The van der Waals surface area contributed by atoms with Gasteiger partial charge in [0.25, 0.3) is 6.43 Å². The average molecular weight is 522 g/mol. The maximum Gasteiger partial charge on any atom is 0.267 e. The molecule has 1 saturated heterocycles. The van der Waals surface area contributed by atoms with Crippen LogP contribution in [0, 0.1) is 5.92 Å². The molecule has 0 bridgehead atoms. The highest BCUT2D eigenvalue weighted by Crippen LogP contribution is 2.48. The van der Waals surface area contributed by atoms with Crippen molar-refractivity contribution in [3.8, 4) is 23.0 Å². The number of hydrogen-bond donors (Lipinski definition) is 2. The van der Waals surface area contributed by atoms with E-state index in [2.05, 4.69) is 18.7 Å². The predicted molar refractivity (Wildman–Crippen MR) is 144 cm³/mol. The molecule has 0 radical (unpaired) electrons. The Morgan fingerprint density at radius 1 is 1.05 bits per heavy atom. The number of likely N-dealkylation sites (tertiary alicyclic amines) is 1. The van der Waals surface area contributed by atoms with Crippen LogP contribution in [0.25, 0.3) is 11.1 Å². The molecule has 5 rings (SSSR count). The third-order valence-electron chi connectivity index (χ3n) is 7.61. The van der Waals surface area contributed by atoms with Gasteiger partial charge in [0.2, 0.25) is 0 Å². The van der Waals surface area contributed by atoms with Crippen LogP contribution in [0.15, 0.2) is 60.7 Å². The molecule has 200 valence electrons. The smallest absolute Gasteiger partial charge is 0.267 e. The summed E-state index contributed by atoms with van der Waals surface area (Å²) in [4.78, 5) is 2.46. The molecule has 7 heteroatoms. The van der Waals surface area contributed by atoms with Crippen LogP contribution in [-0.2, 0) is 0 Å². The molecule has 2 aliphatic heterocycles. The van der Waals surface area contributed by atoms with Gasteiger partial charge < -0.3 is 19.7 Å². The Labute approximate surface area is 221 Å². The summed E-state index contributed by atoms with van der Waals surface area (Å²) in [6.07, 6.45) is -2.11. The Balaban J connectivity index is 1.43. The summed E-state index contributed by atoms with van der Waals surface area (Å²) in [7, 11) is 0. The van der Waals surface area contributed by atoms with Crippen molar-refractivity contribution in [2.45, 2.75) is 45.8 Å². The van der Waals surface area contributed by atoms with Crippen LogP contribution in [0.5, 0.6) is 23.0 Å². The van der Waals surface area contributed by atoms with Gasteiger partial charge >= 0.3 is 0 Å². The summed E-state index contributed by atoms with van der Waals surface area (Å²) in [5.74, 6) is 1.72. The van der Waals surface area contributed by atoms with Crippen LogP contribution >= 0.6 is 0 Å². The largest absolute Gasteiger partial charge is 0.508 e. The predicted octanol–water partition coefficient (Wildman–Crippen LogP) is 7.21. The van der Waals surface area contributed by atoms with Crippen molar-refractivity contribution in [1.82, 2.24) is 4.90 Å². The van der Waals surface area contributed by atoms with Gasteiger partial charge in [0.15, 0.2) is 0 Å². The van der Waals surface area contributed by atoms with Gasteiger partial charge in [-0.2, -0.15) is 0 Å². The molecule has 0 aliphatic carbocycles. The number of halogens is 2. The number of phenols is 2. The molecule has 3 aromatic rings. The third kappa shape index (κ3) is 5.20. The fraction of sp³-hybridized carbons (Fsp3) is 0.355. The van der Waals surface area contributed by atoms with Gasteiger partial charge in [-0.1, -0.05) is 25.1 Å². The minimum atomic E-state index is -2.78. The molecule has 3 unspecified atom stereocenters. The number of phenolic OH excluding ortho intramolecular Hbond substituents is 2. The molecular formula is C31H33F2NO4. The summed E-state index contributed by atoms with van der Waals surface area (Å²) < 4.78 is 39.0. The molecule has 2 aliphatic rings. The zero-order valence-corrected chi connectivity index (χ0v) is 21.8. The molecule has 1 fully saturated rings. The van der Waals surface area contributed by atoms with Crippen molar-refractivity contribution >= 4 is 11.1 Å². The molecule has 5 nitrogen and oxygen atoms in total. The zero-order valence-electron chi connectivity index (χ0n) is 21.8. The van der Waals surface area contributed by atoms with Crippen molar-refractivity contribution in [2.75, 3.05) is 19.7 Å². The quantitative estimate of drug-likeness (QED) is 0.344. The number of ether oxygens (including phenoxy) is 2. The van der Waals surface area contributed by atoms with Crippen molar-refractivity contribution in [3.63, 3.8) is 0 Å². The second-order valence-corrected chi connectivity index (χ2v) is 10.4. The van der Waals surface area contributed by atoms with Gasteiger partial charge in [-0.25, -0.2) is 8.78 Å². The minimum Gasteiger partial charge on any atom is -0.508 e. The standard InChI is InChI=1S/C31H33F2NO4/c1-18-12-13-34(16-18)19(2)17-37-24-8-4-21(5-9-24)30-29(22-6-10-25(31(32)33)27(36)14-22)20(3)26-15-23(35)7-11-28(26)38-30/h4-11,14-15,18-19,30-31,35-36H,12-13,16-17H2,1-3H3. The van der Waals surface area contributed by atoms with Gasteiger partial charge in [-0.15, -0.1) is 0 Å². The number of hydrogen-bond acceptors (Lipinski definition) is 5. The van der Waals surface area contributed by atoms with E-state index in [0.29, 0.717) is 29.5 Å². The number of alkyl halides is 2. The lowest BCUT2D eigenvalue weighted by Crippen LogP contribution is -2.35. The number of aromatic hydroxyl groups is 2. The number of fused-ring (bicyclic) bond motifs is 1. The molecule has 2 N–H and O–H groups in total. The van der Waals surface area contributed by atoms with Crippen molar-refractivity contribution < 1.29 is 28.5 Å². The zero-order chi connectivity index (χ0) is 27.0. The van der Waals surface area contributed by atoms with Gasteiger partial charge in [0, 0.05) is 23.7 Å². The lowest BCUT2D eigenvalue weighted by Gasteiger charge is -2.31. The van der Waals surface area contributed by atoms with E-state index >= 15 is 0 Å². The van der Waals surface area contributed by atoms with E-state index in [0.717, 1.165) is 41.5 Å². The molecule has 3 atom stereocenters. The molecule has 38 heavy (non-hydrogen) atoms. The van der Waals surface area contributed by atoms with E-state index < -0.39 is 23.8 Å². The lowest BCUT2D eigenvalue weighted by atomic mass is 9.85. The van der Waals surface area contributed by atoms with Crippen molar-refractivity contribution in [3.05, 3.63) is 82.9 Å². The maximum absolute atomic E-state index is 13.3. The molecule has 3 aromatic carbocycles. The van der Waals surface area contributed by atoms with Gasteiger partial charge in [-0.05, 0) is 91.9 Å². The lowest BCUT2D eigenvalue weighted by molar-refractivity contribution is 0.147. The van der Waals surface area contributed by atoms with E-state index in [-0.39, 0.29) is 5.75 Å². The summed E-state index contributed by atoms with van der Waals surface area (Å²) in [5.41, 5.74) is 3.26. The van der Waals surface area contributed by atoms with Crippen molar-refractivity contribution in [2.24, 2.45) is 5.92 Å². The number of benzene rings is 3. The van der Waals surface area contributed by atoms with Gasteiger partial charge in [0.05, 0.1) is 5.56 Å². The van der Waals surface area contributed by atoms with Gasteiger partial charge in [0.1, 0.15) is 35.7 Å². The van der Waals surface area contributed by atoms with Crippen LogP contribution in [0.3, 0.4) is 0 Å². The van der Waals surface area contributed by atoms with Gasteiger partial charge in [-0.3, -0.25) is 4.90 Å². The summed E-state index contributed by atoms with van der Waals surface area (Å²) >= 11 is 0. The average Bonchev–Trinajstić information content (AvgIpc) is 3.34. The first-order chi connectivity index (χ1) is 18.2. The van der Waals surface area contributed by atoms with E-state index in [4.69, 9.17) is 9.47 Å². The van der Waals surface area contributed by atoms with E-state index in [1.54, 1.807) is 24.3 Å². The Kier molecular flexibility index (Phi) is 7.30. The Morgan fingerprint density at radius 2 is 1.82 bits per heavy atom. The highest BCUT2D eigenvalue weighted by molar-refractivity contribution is 5.96. The second-order valence-electron chi connectivity index (χ2n) is 10.4. The summed E-state index contributed by atoms with van der Waals surface area (Å²) in [6, 6.07) is 17.1. The number of nitrogens with zero attached hydrogens (tertiary/aromatic N) is 1. The molecule has 0 saturated carbocycles. The molecule has 2 heterocycles. The van der Waals surface area contributed by atoms with Crippen molar-refractivity contribution in [1.29, 1.82) is 0 Å². The summed E-state index contributed by atoms with van der Waals surface area (Å²) in [5, 5.41) is 20.4. The Morgan fingerprint density at radius 3 is 2.47 bits per heavy atom. The first-order valence-corrected chi connectivity index (χ1v) is 13.0. The summed E-state index contributed by atoms with van der Waals surface area (Å²) in [6.45, 7) is 9.17. The Bertz CT molecular complexity index is 1340. The van der Waals surface area contributed by atoms with E-state index in [9.17, 15) is 19.0 Å². The van der Waals surface area contributed by atoms with Crippen LogP contribution in [-0.4, -0.2) is 40.9 Å². The highest BCUT2D eigenvalue weighted by atomic mass is 19.3. The molecule has 0 spiro atoms. The first kappa shape index (κ1) is 26.0. The van der Waals surface area contributed by atoms with E-state index in [1.807, 2.05) is 31.2 Å². The minimum absolute atomic E-state index is 0.0968. The molecular weight excluding hydrogens is 488 g/mol. The first-order valence-electron chi connectivity index (χ1n) is 13.0. The maximum atomic E-state index is 13.3.